The van der Waals surface area contributed by atoms with Crippen LogP contribution in [0.1, 0.15) is 44.7 Å². The van der Waals surface area contributed by atoms with Crippen LogP contribution in [0, 0.1) is 12.7 Å². The second-order valence-corrected chi connectivity index (χ2v) is 12.0. The molecule has 2 amide bonds. The van der Waals surface area contributed by atoms with E-state index in [0.717, 1.165) is 39.7 Å². The number of aryl methyl sites for hydroxylation is 1. The fourth-order valence-electron chi connectivity index (χ4n) is 4.12. The summed E-state index contributed by atoms with van der Waals surface area (Å²) in [7, 11) is -4.27. The second-order valence-electron chi connectivity index (χ2n) is 9.69. The molecule has 0 spiro atoms. The lowest BCUT2D eigenvalue weighted by atomic mass is 10.1. The minimum Gasteiger partial charge on any atom is -0.352 e. The van der Waals surface area contributed by atoms with Crippen LogP contribution in [0.4, 0.5) is 10.1 Å². The van der Waals surface area contributed by atoms with Crippen LogP contribution in [0.25, 0.3) is 0 Å². The number of sulfonamides is 1. The molecule has 0 fully saturated rings. The zero-order chi connectivity index (χ0) is 29.4. The van der Waals surface area contributed by atoms with Crippen molar-refractivity contribution in [1.29, 1.82) is 0 Å². The fraction of sp³-hybridized carbons (Fsp3) is 0.333. The lowest BCUT2D eigenvalue weighted by Gasteiger charge is -2.33. The van der Waals surface area contributed by atoms with Crippen molar-refractivity contribution in [3.63, 3.8) is 0 Å². The number of amides is 2. The Morgan fingerprint density at radius 2 is 1.52 bits per heavy atom. The molecule has 2 atom stereocenters. The van der Waals surface area contributed by atoms with Crippen molar-refractivity contribution in [3.8, 4) is 0 Å². The van der Waals surface area contributed by atoms with Gasteiger partial charge in [-0.05, 0) is 80.8 Å². The first-order valence-electron chi connectivity index (χ1n) is 13.2. The summed E-state index contributed by atoms with van der Waals surface area (Å²) < 4.78 is 42.2. The molecule has 0 radical (unpaired) electrons. The average Bonchev–Trinajstić information content (AvgIpc) is 2.93. The standard InChI is InChI=1S/C30H35ClFN3O4S/c1-5-22(4)33-30(37)28(6-2)34(19-23-9-11-24(31)12-10-23)29(36)20-35(26-15-7-21(3)8-16-26)40(38,39)27-17-13-25(32)14-18-27/h7-18,22,28H,5-6,19-20H2,1-4H3,(H,33,37)/t22-,28+/m0/s1. The van der Waals surface area contributed by atoms with Gasteiger partial charge in [-0.3, -0.25) is 13.9 Å². The molecule has 40 heavy (non-hydrogen) atoms. The van der Waals surface area contributed by atoms with Crippen LogP contribution >= 0.6 is 11.6 Å². The van der Waals surface area contributed by atoms with Gasteiger partial charge < -0.3 is 10.2 Å². The van der Waals surface area contributed by atoms with E-state index in [2.05, 4.69) is 5.32 Å². The van der Waals surface area contributed by atoms with Crippen molar-refractivity contribution in [2.24, 2.45) is 0 Å². The summed E-state index contributed by atoms with van der Waals surface area (Å²) >= 11 is 6.05. The molecule has 0 aromatic heterocycles. The van der Waals surface area contributed by atoms with E-state index < -0.39 is 34.3 Å². The maximum Gasteiger partial charge on any atom is 0.264 e. The SMILES string of the molecule is CC[C@H](C(=O)N[C@@H](C)CC)N(Cc1ccc(Cl)cc1)C(=O)CN(c1ccc(C)cc1)S(=O)(=O)c1ccc(F)cc1. The van der Waals surface area contributed by atoms with Gasteiger partial charge in [-0.25, -0.2) is 12.8 Å². The van der Waals surface area contributed by atoms with Gasteiger partial charge in [0.25, 0.3) is 10.0 Å². The van der Waals surface area contributed by atoms with Crippen molar-refractivity contribution in [2.45, 2.75) is 64.1 Å². The molecule has 0 saturated carbocycles. The minimum absolute atomic E-state index is 0.0702. The van der Waals surface area contributed by atoms with Gasteiger partial charge in [-0.15, -0.1) is 0 Å². The Bertz CT molecular complexity index is 1400. The van der Waals surface area contributed by atoms with Crippen molar-refractivity contribution < 1.29 is 22.4 Å². The third-order valence-electron chi connectivity index (χ3n) is 6.66. The fourth-order valence-corrected chi connectivity index (χ4v) is 5.66. The highest BCUT2D eigenvalue weighted by molar-refractivity contribution is 7.92. The molecular formula is C30H35ClFN3O4S. The second kappa shape index (κ2) is 13.8. The zero-order valence-corrected chi connectivity index (χ0v) is 24.7. The molecule has 0 aliphatic rings. The largest absolute Gasteiger partial charge is 0.352 e. The Morgan fingerprint density at radius 3 is 2.08 bits per heavy atom. The first kappa shape index (κ1) is 31.1. The van der Waals surface area contributed by atoms with Gasteiger partial charge in [-0.2, -0.15) is 0 Å². The van der Waals surface area contributed by atoms with E-state index in [9.17, 15) is 22.4 Å². The summed E-state index contributed by atoms with van der Waals surface area (Å²) in [6.07, 6.45) is 1.03. The predicted octanol–water partition coefficient (Wildman–Crippen LogP) is 5.70. The first-order chi connectivity index (χ1) is 19.0. The van der Waals surface area contributed by atoms with Crippen LogP contribution in [0.3, 0.4) is 0 Å². The van der Waals surface area contributed by atoms with Crippen molar-refractivity contribution in [2.75, 3.05) is 10.8 Å². The Hall–Kier alpha value is -3.43. The molecule has 0 aliphatic carbocycles. The Balaban J connectivity index is 2.04. The molecule has 0 saturated heterocycles. The van der Waals surface area contributed by atoms with Gasteiger partial charge in [0.2, 0.25) is 11.8 Å². The molecular weight excluding hydrogens is 553 g/mol. The Kier molecular flexibility index (Phi) is 10.7. The third-order valence-corrected chi connectivity index (χ3v) is 8.70. The maximum absolute atomic E-state index is 14.0. The summed E-state index contributed by atoms with van der Waals surface area (Å²) in [5, 5.41) is 3.47. The summed E-state index contributed by atoms with van der Waals surface area (Å²) in [6, 6.07) is 17.1. The van der Waals surface area contributed by atoms with Gasteiger partial charge in [0, 0.05) is 17.6 Å². The molecule has 0 bridgehead atoms. The summed E-state index contributed by atoms with van der Waals surface area (Å²) in [5.74, 6) is -1.46. The molecule has 0 unspecified atom stereocenters. The van der Waals surface area contributed by atoms with E-state index in [0.29, 0.717) is 17.9 Å². The molecule has 0 heterocycles. The smallest absolute Gasteiger partial charge is 0.264 e. The van der Waals surface area contributed by atoms with Gasteiger partial charge in [-0.1, -0.05) is 55.3 Å². The average molecular weight is 588 g/mol. The van der Waals surface area contributed by atoms with E-state index >= 15 is 0 Å². The number of anilines is 1. The minimum atomic E-state index is -4.27. The Morgan fingerprint density at radius 1 is 0.925 bits per heavy atom. The van der Waals surface area contributed by atoms with E-state index in [1.807, 2.05) is 20.8 Å². The lowest BCUT2D eigenvalue weighted by molar-refractivity contribution is -0.140. The Labute approximate surface area is 241 Å². The molecule has 3 rings (SSSR count). The number of rotatable bonds is 12. The van der Waals surface area contributed by atoms with Gasteiger partial charge in [0.05, 0.1) is 10.6 Å². The van der Waals surface area contributed by atoms with Crippen LogP contribution in [0.2, 0.25) is 5.02 Å². The molecule has 0 aliphatic heterocycles. The van der Waals surface area contributed by atoms with E-state index in [4.69, 9.17) is 11.6 Å². The summed E-state index contributed by atoms with van der Waals surface area (Å²) in [6.45, 7) is 7.00. The van der Waals surface area contributed by atoms with E-state index in [-0.39, 0.29) is 29.1 Å². The summed E-state index contributed by atoms with van der Waals surface area (Å²) in [4.78, 5) is 28.5. The molecule has 3 aromatic rings. The first-order valence-corrected chi connectivity index (χ1v) is 15.0. The number of carbonyl (C=O) groups is 2. The van der Waals surface area contributed by atoms with E-state index in [1.165, 1.54) is 4.90 Å². The third kappa shape index (κ3) is 7.82. The molecule has 7 nitrogen and oxygen atoms in total. The molecule has 10 heteroatoms. The van der Waals surface area contributed by atoms with Crippen LogP contribution in [-0.2, 0) is 26.2 Å². The lowest BCUT2D eigenvalue weighted by Crippen LogP contribution is -2.53. The van der Waals surface area contributed by atoms with Gasteiger partial charge >= 0.3 is 0 Å². The highest BCUT2D eigenvalue weighted by atomic mass is 35.5. The number of benzene rings is 3. The van der Waals surface area contributed by atoms with Gasteiger partial charge in [0.1, 0.15) is 18.4 Å². The van der Waals surface area contributed by atoms with Crippen LogP contribution in [0.15, 0.2) is 77.7 Å². The van der Waals surface area contributed by atoms with Crippen LogP contribution in [0.5, 0.6) is 0 Å². The topological polar surface area (TPSA) is 86.8 Å². The molecule has 3 aromatic carbocycles. The van der Waals surface area contributed by atoms with Crippen molar-refractivity contribution in [1.82, 2.24) is 10.2 Å². The zero-order valence-electron chi connectivity index (χ0n) is 23.1. The number of halogens is 2. The quantitative estimate of drug-likeness (QED) is 0.294. The number of hydrogen-bond donors (Lipinski definition) is 1. The highest BCUT2D eigenvalue weighted by Crippen LogP contribution is 2.25. The monoisotopic (exact) mass is 587 g/mol. The highest BCUT2D eigenvalue weighted by Gasteiger charge is 2.34. The van der Waals surface area contributed by atoms with Crippen molar-refractivity contribution >= 4 is 39.1 Å². The van der Waals surface area contributed by atoms with Gasteiger partial charge in [0.15, 0.2) is 0 Å². The molecule has 214 valence electrons. The number of nitrogens with zero attached hydrogens (tertiary/aromatic N) is 2. The summed E-state index contributed by atoms with van der Waals surface area (Å²) in [5.41, 5.74) is 1.91. The van der Waals surface area contributed by atoms with Crippen LogP contribution in [-0.4, -0.2) is 43.8 Å². The van der Waals surface area contributed by atoms with Crippen molar-refractivity contribution in [3.05, 3.63) is 94.8 Å². The maximum atomic E-state index is 14.0. The normalized spacial score (nSPS) is 12.8. The van der Waals surface area contributed by atoms with E-state index in [1.54, 1.807) is 55.5 Å². The van der Waals surface area contributed by atoms with Crippen LogP contribution < -0.4 is 9.62 Å². The predicted molar refractivity (Wildman–Crippen MR) is 156 cm³/mol. The molecule has 1 N–H and O–H groups in total. The number of hydrogen-bond acceptors (Lipinski definition) is 4. The number of carbonyl (C=O) groups excluding carboxylic acids is 2. The number of nitrogens with one attached hydrogen (secondary N) is 1.